The molecule has 0 N–H and O–H groups in total. The molecule has 0 heterocycles. The van der Waals surface area contributed by atoms with Crippen molar-refractivity contribution in [2.45, 2.75) is 19.4 Å². The molecule has 2 nitrogen and oxygen atoms in total. The minimum Gasteiger partial charge on any atom is -0.497 e. The average Bonchev–Trinajstić information content (AvgIpc) is 2.71. The summed E-state index contributed by atoms with van der Waals surface area (Å²) < 4.78 is 10.8. The Kier molecular flexibility index (Phi) is 8.91. The van der Waals surface area contributed by atoms with Crippen LogP contribution in [0.5, 0.6) is 5.75 Å². The van der Waals surface area contributed by atoms with E-state index in [1.807, 2.05) is 72.8 Å². The van der Waals surface area contributed by atoms with Gasteiger partial charge in [0, 0.05) is 6.61 Å². The van der Waals surface area contributed by atoms with Crippen LogP contribution in [-0.2, 0) is 17.8 Å². The summed E-state index contributed by atoms with van der Waals surface area (Å²) >= 11 is 0. The summed E-state index contributed by atoms with van der Waals surface area (Å²) in [6.45, 7) is 1.44. The van der Waals surface area contributed by atoms with Gasteiger partial charge < -0.3 is 9.47 Å². The smallest absolute Gasteiger partial charge is 0.118 e. The molecule has 3 aromatic carbocycles. The van der Waals surface area contributed by atoms with Crippen LogP contribution >= 0.6 is 0 Å². The number of benzene rings is 3. The summed E-state index contributed by atoms with van der Waals surface area (Å²) in [5.74, 6) is 0.879. The SMILES string of the molecule is COc1ccc(COCCCc2c[c]ccc2)cc1.[c]1ccccc1. The maximum atomic E-state index is 5.66. The molecule has 0 aliphatic heterocycles. The zero-order chi connectivity index (χ0) is 17.6. The molecule has 0 saturated heterocycles. The van der Waals surface area contributed by atoms with Gasteiger partial charge in [0.2, 0.25) is 0 Å². The second kappa shape index (κ2) is 11.9. The van der Waals surface area contributed by atoms with Gasteiger partial charge in [-0.3, -0.25) is 0 Å². The number of hydrogen-bond donors (Lipinski definition) is 0. The number of hydrogen-bond acceptors (Lipinski definition) is 2. The van der Waals surface area contributed by atoms with Crippen LogP contribution in [0.1, 0.15) is 17.5 Å². The van der Waals surface area contributed by atoms with E-state index in [1.54, 1.807) is 7.11 Å². The molecule has 0 aliphatic carbocycles. The molecule has 25 heavy (non-hydrogen) atoms. The predicted molar refractivity (Wildman–Crippen MR) is 102 cm³/mol. The van der Waals surface area contributed by atoms with Crippen molar-refractivity contribution in [2.24, 2.45) is 0 Å². The number of rotatable bonds is 7. The Morgan fingerprint density at radius 3 is 2.12 bits per heavy atom. The van der Waals surface area contributed by atoms with Gasteiger partial charge in [0.05, 0.1) is 13.7 Å². The van der Waals surface area contributed by atoms with Crippen LogP contribution in [0.25, 0.3) is 0 Å². The van der Waals surface area contributed by atoms with Gasteiger partial charge in [0.15, 0.2) is 0 Å². The minimum absolute atomic E-state index is 0.658. The highest BCUT2D eigenvalue weighted by atomic mass is 16.5. The van der Waals surface area contributed by atoms with Crippen molar-refractivity contribution < 1.29 is 9.47 Å². The van der Waals surface area contributed by atoms with Crippen molar-refractivity contribution in [2.75, 3.05) is 13.7 Å². The predicted octanol–water partition coefficient (Wildman–Crippen LogP) is 5.13. The number of ether oxygens (including phenoxy) is 2. The molecule has 2 radical (unpaired) electrons. The fourth-order valence-corrected chi connectivity index (χ4v) is 2.22. The van der Waals surface area contributed by atoms with Gasteiger partial charge in [0.1, 0.15) is 5.75 Å². The quantitative estimate of drug-likeness (QED) is 0.558. The molecule has 0 spiro atoms. The van der Waals surface area contributed by atoms with Gasteiger partial charge in [-0.15, -0.1) is 0 Å². The fraction of sp³-hybridized carbons (Fsp3) is 0.217. The first-order chi connectivity index (χ1) is 12.4. The summed E-state index contributed by atoms with van der Waals surface area (Å²) in [5.41, 5.74) is 2.49. The van der Waals surface area contributed by atoms with Gasteiger partial charge in [-0.05, 0) is 48.2 Å². The largest absolute Gasteiger partial charge is 0.497 e. The number of methoxy groups -OCH3 is 1. The van der Waals surface area contributed by atoms with E-state index in [-0.39, 0.29) is 0 Å². The summed E-state index contributed by atoms with van der Waals surface area (Å²) in [6, 6.07) is 31.7. The highest BCUT2D eigenvalue weighted by Gasteiger charge is 1.96. The van der Waals surface area contributed by atoms with E-state index in [0.29, 0.717) is 6.61 Å². The van der Waals surface area contributed by atoms with Crippen molar-refractivity contribution in [1.82, 2.24) is 0 Å². The molecule has 128 valence electrons. The second-order valence-electron chi connectivity index (χ2n) is 5.49. The van der Waals surface area contributed by atoms with Gasteiger partial charge in [-0.1, -0.05) is 66.7 Å². The fourth-order valence-electron chi connectivity index (χ4n) is 2.22. The highest BCUT2D eigenvalue weighted by Crippen LogP contribution is 2.12. The second-order valence-corrected chi connectivity index (χ2v) is 5.49. The first-order valence-corrected chi connectivity index (χ1v) is 8.45. The van der Waals surface area contributed by atoms with E-state index < -0.39 is 0 Å². The molecule has 0 fully saturated rings. The zero-order valence-electron chi connectivity index (χ0n) is 14.7. The van der Waals surface area contributed by atoms with Gasteiger partial charge in [-0.2, -0.15) is 0 Å². The molecule has 0 saturated carbocycles. The normalized spacial score (nSPS) is 9.80. The highest BCUT2D eigenvalue weighted by molar-refractivity contribution is 5.26. The van der Waals surface area contributed by atoms with Crippen LogP contribution in [0, 0.1) is 12.1 Å². The lowest BCUT2D eigenvalue weighted by atomic mass is 10.1. The molecule has 0 aliphatic rings. The maximum Gasteiger partial charge on any atom is 0.118 e. The van der Waals surface area contributed by atoms with Crippen molar-refractivity contribution in [3.63, 3.8) is 0 Å². The molecular formula is C23H24O2. The van der Waals surface area contributed by atoms with Gasteiger partial charge in [0.25, 0.3) is 0 Å². The Morgan fingerprint density at radius 2 is 1.56 bits per heavy atom. The Balaban J connectivity index is 0.000000316. The van der Waals surface area contributed by atoms with E-state index in [4.69, 9.17) is 9.47 Å². The van der Waals surface area contributed by atoms with Crippen LogP contribution in [0.3, 0.4) is 0 Å². The van der Waals surface area contributed by atoms with Gasteiger partial charge in [-0.25, -0.2) is 0 Å². The van der Waals surface area contributed by atoms with Gasteiger partial charge >= 0.3 is 0 Å². The van der Waals surface area contributed by atoms with E-state index in [2.05, 4.69) is 18.2 Å². The molecule has 2 heteroatoms. The first-order valence-electron chi connectivity index (χ1n) is 8.45. The first kappa shape index (κ1) is 18.8. The summed E-state index contributed by atoms with van der Waals surface area (Å²) in [5, 5.41) is 0. The maximum absolute atomic E-state index is 5.66. The lowest BCUT2D eigenvalue weighted by molar-refractivity contribution is 0.118. The van der Waals surface area contributed by atoms with Crippen molar-refractivity contribution in [3.8, 4) is 5.75 Å². The van der Waals surface area contributed by atoms with Crippen LogP contribution < -0.4 is 4.74 Å². The standard InChI is InChI=1S/C17H19O2.C6H5/c1-18-17-11-9-16(10-12-17)14-19-13-5-8-15-6-3-2-4-7-15;1-2-4-6-5-3-1/h2-3,6-7,9-12H,5,8,13-14H2,1H3;1-5H. The molecule has 0 aromatic heterocycles. The van der Waals surface area contributed by atoms with Crippen molar-refractivity contribution >= 4 is 0 Å². The molecule has 0 bridgehead atoms. The third-order valence-corrected chi connectivity index (χ3v) is 3.56. The van der Waals surface area contributed by atoms with E-state index in [9.17, 15) is 0 Å². The topological polar surface area (TPSA) is 18.5 Å². The Morgan fingerprint density at radius 1 is 0.800 bits per heavy atom. The van der Waals surface area contributed by atoms with Crippen molar-refractivity contribution in [3.05, 3.63) is 102 Å². The van der Waals surface area contributed by atoms with Crippen molar-refractivity contribution in [1.29, 1.82) is 0 Å². The molecule has 0 amide bonds. The van der Waals surface area contributed by atoms with E-state index in [1.165, 1.54) is 11.1 Å². The van der Waals surface area contributed by atoms with Crippen LogP contribution in [0.15, 0.2) is 78.9 Å². The molecule has 0 unspecified atom stereocenters. The van der Waals surface area contributed by atoms with Crippen LogP contribution in [-0.4, -0.2) is 13.7 Å². The Bertz CT molecular complexity index is 637. The minimum atomic E-state index is 0.658. The van der Waals surface area contributed by atoms with E-state index >= 15 is 0 Å². The Hall–Kier alpha value is -2.58. The number of aryl methyl sites for hydroxylation is 1. The summed E-state index contributed by atoms with van der Waals surface area (Å²) in [4.78, 5) is 0. The molecule has 3 rings (SSSR count). The van der Waals surface area contributed by atoms with E-state index in [0.717, 1.165) is 25.2 Å². The zero-order valence-corrected chi connectivity index (χ0v) is 14.7. The molecular weight excluding hydrogens is 308 g/mol. The van der Waals surface area contributed by atoms with Crippen LogP contribution in [0.4, 0.5) is 0 Å². The lowest BCUT2D eigenvalue weighted by Crippen LogP contribution is -1.97. The molecule has 0 atom stereocenters. The molecule has 3 aromatic rings. The third-order valence-electron chi connectivity index (χ3n) is 3.56. The summed E-state index contributed by atoms with van der Waals surface area (Å²) in [6.07, 6.45) is 2.08. The summed E-state index contributed by atoms with van der Waals surface area (Å²) in [7, 11) is 1.67. The lowest BCUT2D eigenvalue weighted by Gasteiger charge is -2.05. The van der Waals surface area contributed by atoms with Crippen LogP contribution in [0.2, 0.25) is 0 Å². The monoisotopic (exact) mass is 332 g/mol. The Labute approximate surface area is 151 Å². The third kappa shape index (κ3) is 8.18. The average molecular weight is 332 g/mol.